The molecule has 3 rings (SSSR count). The summed E-state index contributed by atoms with van der Waals surface area (Å²) < 4.78 is 5.33. The lowest BCUT2D eigenvalue weighted by Crippen LogP contribution is -2.37. The molecule has 7 nitrogen and oxygen atoms in total. The van der Waals surface area contributed by atoms with Gasteiger partial charge in [0.2, 0.25) is 5.91 Å². The Morgan fingerprint density at radius 3 is 2.84 bits per heavy atom. The van der Waals surface area contributed by atoms with Crippen molar-refractivity contribution in [2.75, 3.05) is 30.9 Å². The summed E-state index contributed by atoms with van der Waals surface area (Å²) >= 11 is 1.30. The van der Waals surface area contributed by atoms with Crippen LogP contribution in [0.25, 0.3) is 0 Å². The largest absolute Gasteiger partial charge is 0.495 e. The lowest BCUT2D eigenvalue weighted by Gasteiger charge is -2.19. The first-order chi connectivity index (χ1) is 12.0. The van der Waals surface area contributed by atoms with E-state index in [0.29, 0.717) is 28.0 Å². The SMILES string of the molecule is CNc1nc(C)c(C(=O)N[C@H]2CC(=O)N(c3ccccc3OC)C2)s1. The number of anilines is 2. The smallest absolute Gasteiger partial charge is 0.263 e. The fourth-order valence-corrected chi connectivity index (χ4v) is 3.68. The molecule has 132 valence electrons. The zero-order valence-corrected chi connectivity index (χ0v) is 15.1. The van der Waals surface area contributed by atoms with E-state index in [1.54, 1.807) is 26.0 Å². The number of rotatable bonds is 5. The highest BCUT2D eigenvalue weighted by atomic mass is 32.1. The van der Waals surface area contributed by atoms with Crippen LogP contribution in [0.3, 0.4) is 0 Å². The predicted molar refractivity (Wildman–Crippen MR) is 97.6 cm³/mol. The maximum Gasteiger partial charge on any atom is 0.263 e. The van der Waals surface area contributed by atoms with Crippen LogP contribution in [0.4, 0.5) is 10.8 Å². The van der Waals surface area contributed by atoms with Crippen molar-refractivity contribution in [1.29, 1.82) is 0 Å². The second kappa shape index (κ2) is 7.10. The van der Waals surface area contributed by atoms with Crippen LogP contribution in [0.15, 0.2) is 24.3 Å². The summed E-state index contributed by atoms with van der Waals surface area (Å²) in [5.74, 6) is 0.405. The number of carbonyl (C=O) groups is 2. The zero-order valence-electron chi connectivity index (χ0n) is 14.3. The van der Waals surface area contributed by atoms with Crippen molar-refractivity contribution in [1.82, 2.24) is 10.3 Å². The van der Waals surface area contributed by atoms with Gasteiger partial charge < -0.3 is 20.3 Å². The second-order valence-electron chi connectivity index (χ2n) is 5.73. The second-order valence-corrected chi connectivity index (χ2v) is 6.73. The minimum Gasteiger partial charge on any atom is -0.495 e. The Labute approximate surface area is 150 Å². The highest BCUT2D eigenvalue weighted by molar-refractivity contribution is 7.17. The highest BCUT2D eigenvalue weighted by Crippen LogP contribution is 2.31. The van der Waals surface area contributed by atoms with Gasteiger partial charge in [0.05, 0.1) is 24.5 Å². The topological polar surface area (TPSA) is 83.6 Å². The van der Waals surface area contributed by atoms with Crippen molar-refractivity contribution in [3.05, 3.63) is 34.8 Å². The Balaban J connectivity index is 1.72. The quantitative estimate of drug-likeness (QED) is 0.852. The van der Waals surface area contributed by atoms with Crippen LogP contribution in [-0.2, 0) is 4.79 Å². The van der Waals surface area contributed by atoms with E-state index in [1.165, 1.54) is 11.3 Å². The van der Waals surface area contributed by atoms with Gasteiger partial charge in [-0.15, -0.1) is 0 Å². The molecule has 1 atom stereocenters. The van der Waals surface area contributed by atoms with Gasteiger partial charge in [0.1, 0.15) is 10.6 Å². The van der Waals surface area contributed by atoms with Crippen LogP contribution in [-0.4, -0.2) is 43.5 Å². The van der Waals surface area contributed by atoms with Crippen LogP contribution in [0.1, 0.15) is 21.8 Å². The molecule has 0 radical (unpaired) electrons. The number of methoxy groups -OCH3 is 1. The molecule has 0 unspecified atom stereocenters. The average molecular weight is 360 g/mol. The maximum absolute atomic E-state index is 12.5. The van der Waals surface area contributed by atoms with Gasteiger partial charge >= 0.3 is 0 Å². The molecule has 0 spiro atoms. The monoisotopic (exact) mass is 360 g/mol. The van der Waals surface area contributed by atoms with Crippen LogP contribution >= 0.6 is 11.3 Å². The molecule has 2 heterocycles. The molecule has 0 saturated carbocycles. The number of para-hydroxylation sites is 2. The molecule has 2 amide bonds. The van der Waals surface area contributed by atoms with Gasteiger partial charge in [-0.25, -0.2) is 4.98 Å². The molecule has 8 heteroatoms. The summed E-state index contributed by atoms with van der Waals surface area (Å²) in [5.41, 5.74) is 1.40. The van der Waals surface area contributed by atoms with Crippen LogP contribution in [0.2, 0.25) is 0 Å². The summed E-state index contributed by atoms with van der Waals surface area (Å²) in [4.78, 5) is 31.4. The third-order valence-electron chi connectivity index (χ3n) is 4.05. The van der Waals surface area contributed by atoms with Gasteiger partial charge in [-0.3, -0.25) is 9.59 Å². The number of amides is 2. The van der Waals surface area contributed by atoms with Gasteiger partial charge in [0.15, 0.2) is 5.13 Å². The number of carbonyl (C=O) groups excluding carboxylic acids is 2. The molecular weight excluding hydrogens is 340 g/mol. The molecule has 1 saturated heterocycles. The van der Waals surface area contributed by atoms with E-state index in [-0.39, 0.29) is 24.3 Å². The van der Waals surface area contributed by atoms with E-state index in [4.69, 9.17) is 4.74 Å². The Morgan fingerprint density at radius 1 is 1.40 bits per heavy atom. The number of ether oxygens (including phenoxy) is 1. The highest BCUT2D eigenvalue weighted by Gasteiger charge is 2.33. The minimum absolute atomic E-state index is 0.0354. The number of aryl methyl sites for hydroxylation is 1. The summed E-state index contributed by atoms with van der Waals surface area (Å²) in [6.45, 7) is 2.22. The Bertz CT molecular complexity index is 805. The standard InChI is InChI=1S/C17H20N4O3S/c1-10-15(25-17(18-2)19-10)16(23)20-11-8-14(22)21(9-11)12-6-4-5-7-13(12)24-3/h4-7,11H,8-9H2,1-3H3,(H,18,19)(H,20,23)/t11-/m0/s1. The van der Waals surface area contributed by atoms with Gasteiger partial charge in [-0.2, -0.15) is 0 Å². The molecule has 2 N–H and O–H groups in total. The molecular formula is C17H20N4O3S. The number of nitrogens with zero attached hydrogens (tertiary/aromatic N) is 2. The molecule has 1 aromatic heterocycles. The van der Waals surface area contributed by atoms with E-state index < -0.39 is 0 Å². The van der Waals surface area contributed by atoms with E-state index in [1.807, 2.05) is 24.3 Å². The van der Waals surface area contributed by atoms with Gasteiger partial charge in [0.25, 0.3) is 5.91 Å². The van der Waals surface area contributed by atoms with Crippen LogP contribution in [0, 0.1) is 6.92 Å². The van der Waals surface area contributed by atoms with Gasteiger partial charge in [0, 0.05) is 20.0 Å². The summed E-state index contributed by atoms with van der Waals surface area (Å²) in [6.07, 6.45) is 0.264. The summed E-state index contributed by atoms with van der Waals surface area (Å²) in [7, 11) is 3.34. The van der Waals surface area contributed by atoms with Crippen molar-refractivity contribution in [3.8, 4) is 5.75 Å². The number of aromatic nitrogens is 1. The predicted octanol–water partition coefficient (Wildman–Crippen LogP) is 2.04. The fraction of sp³-hybridized carbons (Fsp3) is 0.353. The minimum atomic E-state index is -0.246. The first-order valence-electron chi connectivity index (χ1n) is 7.93. The number of hydrogen-bond acceptors (Lipinski definition) is 6. The molecule has 0 bridgehead atoms. The van der Waals surface area contributed by atoms with Crippen LogP contribution in [0.5, 0.6) is 5.75 Å². The van der Waals surface area contributed by atoms with E-state index in [9.17, 15) is 9.59 Å². The normalized spacial score (nSPS) is 16.8. The maximum atomic E-state index is 12.5. The van der Waals surface area contributed by atoms with Crippen molar-refractivity contribution < 1.29 is 14.3 Å². The summed E-state index contributed by atoms with van der Waals surface area (Å²) in [5, 5.41) is 6.57. The van der Waals surface area contributed by atoms with E-state index >= 15 is 0 Å². The molecule has 25 heavy (non-hydrogen) atoms. The van der Waals surface area contributed by atoms with Crippen molar-refractivity contribution in [3.63, 3.8) is 0 Å². The average Bonchev–Trinajstić information content (AvgIpc) is 3.17. The van der Waals surface area contributed by atoms with E-state index in [2.05, 4.69) is 15.6 Å². The molecule has 1 fully saturated rings. The third-order valence-corrected chi connectivity index (χ3v) is 5.23. The lowest BCUT2D eigenvalue weighted by molar-refractivity contribution is -0.117. The zero-order chi connectivity index (χ0) is 18.0. The number of hydrogen-bond donors (Lipinski definition) is 2. The number of benzene rings is 1. The molecule has 2 aromatic rings. The van der Waals surface area contributed by atoms with Crippen molar-refractivity contribution >= 4 is 34.0 Å². The molecule has 1 aliphatic heterocycles. The first kappa shape index (κ1) is 17.2. The summed E-state index contributed by atoms with van der Waals surface area (Å²) in [6, 6.07) is 7.12. The number of thiazole rings is 1. The Hall–Kier alpha value is -2.61. The van der Waals surface area contributed by atoms with Gasteiger partial charge in [-0.05, 0) is 19.1 Å². The molecule has 1 aliphatic rings. The number of nitrogens with one attached hydrogen (secondary N) is 2. The fourth-order valence-electron chi connectivity index (χ4n) is 2.85. The molecule has 1 aromatic carbocycles. The van der Waals surface area contributed by atoms with Crippen LogP contribution < -0.4 is 20.3 Å². The van der Waals surface area contributed by atoms with Crippen molar-refractivity contribution in [2.45, 2.75) is 19.4 Å². The third kappa shape index (κ3) is 3.43. The van der Waals surface area contributed by atoms with E-state index in [0.717, 1.165) is 5.69 Å². The Morgan fingerprint density at radius 2 is 2.16 bits per heavy atom. The molecule has 0 aliphatic carbocycles. The first-order valence-corrected chi connectivity index (χ1v) is 8.74. The van der Waals surface area contributed by atoms with Gasteiger partial charge in [-0.1, -0.05) is 23.5 Å². The van der Waals surface area contributed by atoms with Crippen molar-refractivity contribution in [2.24, 2.45) is 0 Å². The lowest BCUT2D eigenvalue weighted by atomic mass is 10.2. The Kier molecular flexibility index (Phi) is 4.89.